The van der Waals surface area contributed by atoms with Gasteiger partial charge in [0.05, 0.1) is 57.4 Å². The Morgan fingerprint density at radius 2 is 1.73 bits per heavy atom. The summed E-state index contributed by atoms with van der Waals surface area (Å²) in [4.78, 5) is 31.5. The van der Waals surface area contributed by atoms with E-state index in [9.17, 15) is 20.0 Å². The number of piperidine rings is 1. The molecule has 2 fully saturated rings. The first-order valence-electron chi connectivity index (χ1n) is 18.3. The molecule has 0 spiro atoms. The highest BCUT2D eigenvalue weighted by Crippen LogP contribution is 2.34. The molecule has 1 N–H and O–H groups in total. The van der Waals surface area contributed by atoms with E-state index in [0.29, 0.717) is 31.1 Å². The molecule has 2 aliphatic heterocycles. The van der Waals surface area contributed by atoms with Gasteiger partial charge in [-0.25, -0.2) is 4.79 Å². The van der Waals surface area contributed by atoms with Crippen LogP contribution in [0.4, 0.5) is 10.5 Å². The number of rotatable bonds is 19. The summed E-state index contributed by atoms with van der Waals surface area (Å²) in [6.07, 6.45) is 3.87. The summed E-state index contributed by atoms with van der Waals surface area (Å²) in [5.74, 6) is 1.61. The number of aliphatic hydroxyl groups excluding tert-OH is 1. The summed E-state index contributed by atoms with van der Waals surface area (Å²) in [6.45, 7) is 3.69. The van der Waals surface area contributed by atoms with Crippen molar-refractivity contribution < 1.29 is 48.2 Å². The van der Waals surface area contributed by atoms with E-state index < -0.39 is 29.5 Å². The number of β-amino-alcohol motifs (C(OH)–C–C–N with tert-alkyl or cyclic N) is 1. The number of nitrogens with zero attached hydrogens (tertiary/aromatic N) is 3. The number of hydrogen-bond acceptors (Lipinski definition) is 12. The Kier molecular flexibility index (Phi) is 15.7. The van der Waals surface area contributed by atoms with Crippen molar-refractivity contribution in [2.45, 2.75) is 94.9 Å². The van der Waals surface area contributed by atoms with Crippen molar-refractivity contribution in [3.8, 4) is 11.5 Å². The fourth-order valence-electron chi connectivity index (χ4n) is 6.85. The minimum atomic E-state index is -0.982. The van der Waals surface area contributed by atoms with E-state index in [-0.39, 0.29) is 45.1 Å². The molecule has 2 heterocycles. The minimum absolute atomic E-state index is 0.0492. The quantitative estimate of drug-likeness (QED) is 0.105. The molecule has 1 aliphatic carbocycles. The number of benzene rings is 2. The lowest BCUT2D eigenvalue weighted by molar-refractivity contribution is -0.757. The smallest absolute Gasteiger partial charge is 0.409 e. The number of methoxy groups -OCH3 is 1. The van der Waals surface area contributed by atoms with Gasteiger partial charge in [0.1, 0.15) is 36.4 Å². The number of carbonyl (C=O) groups excluding carboxylic acids is 1. The third-order valence-electron chi connectivity index (χ3n) is 9.58. The Bertz CT molecular complexity index is 1400. The monoisotopic (exact) mass is 749 g/mol. The van der Waals surface area contributed by atoms with E-state index in [1.54, 1.807) is 7.11 Å². The Hall–Kier alpha value is -3.56. The van der Waals surface area contributed by atoms with Gasteiger partial charge < -0.3 is 48.2 Å². The molecule has 0 radical (unpaired) electrons. The highest BCUT2D eigenvalue weighted by Gasteiger charge is 2.42. The van der Waals surface area contributed by atoms with Crippen LogP contribution in [0.5, 0.6) is 11.5 Å². The van der Waals surface area contributed by atoms with Crippen LogP contribution >= 0.6 is 11.6 Å². The lowest BCUT2D eigenvalue weighted by atomic mass is 9.93. The van der Waals surface area contributed by atoms with Crippen molar-refractivity contribution in [2.75, 3.05) is 64.6 Å². The number of amides is 1. The van der Waals surface area contributed by atoms with Crippen molar-refractivity contribution in [1.82, 2.24) is 4.90 Å². The zero-order chi connectivity index (χ0) is 36.7. The number of hydrogen-bond donors (Lipinski definition) is 1. The van der Waals surface area contributed by atoms with Crippen molar-refractivity contribution in [3.05, 3.63) is 63.2 Å². The summed E-state index contributed by atoms with van der Waals surface area (Å²) in [5, 5.41) is 21.6. The van der Waals surface area contributed by atoms with E-state index >= 15 is 0 Å². The van der Waals surface area contributed by atoms with Crippen LogP contribution in [0.3, 0.4) is 0 Å². The molecule has 3 atom stereocenters. The lowest BCUT2D eigenvalue weighted by Gasteiger charge is -2.43. The fraction of sp³-hybridized carbons (Fsp3) is 0.649. The van der Waals surface area contributed by atoms with Gasteiger partial charge in [-0.2, -0.15) is 0 Å². The SMILES string of the molecule is COCCCN1CCOc2ccc(COC3CN(C(=O)OCCCCCCO[N+](=O)[O-])CC(O)C3OC3CCC(Oc4ccc(Cl)cc4)CC3)cc21. The van der Waals surface area contributed by atoms with Crippen LogP contribution < -0.4 is 14.4 Å². The molecule has 3 aliphatic rings. The van der Waals surface area contributed by atoms with Gasteiger partial charge in [-0.3, -0.25) is 0 Å². The maximum atomic E-state index is 13.1. The first kappa shape index (κ1) is 39.6. The van der Waals surface area contributed by atoms with Crippen LogP contribution in [0.2, 0.25) is 5.02 Å². The van der Waals surface area contributed by atoms with Crippen LogP contribution in [-0.4, -0.2) is 111 Å². The van der Waals surface area contributed by atoms with E-state index in [0.717, 1.165) is 80.8 Å². The maximum absolute atomic E-state index is 13.1. The lowest BCUT2D eigenvalue weighted by Crippen LogP contribution is -2.59. The van der Waals surface area contributed by atoms with Crippen LogP contribution in [0.15, 0.2) is 42.5 Å². The Balaban J connectivity index is 1.18. The molecule has 5 rings (SSSR count). The third-order valence-corrected chi connectivity index (χ3v) is 9.84. The number of unbranched alkanes of at least 4 members (excludes halogenated alkanes) is 3. The van der Waals surface area contributed by atoms with Crippen molar-refractivity contribution in [1.29, 1.82) is 0 Å². The average Bonchev–Trinajstić information content (AvgIpc) is 3.14. The molecule has 2 aromatic rings. The number of aliphatic hydroxyl groups is 1. The van der Waals surface area contributed by atoms with Crippen molar-refractivity contribution in [3.63, 3.8) is 0 Å². The number of fused-ring (bicyclic) bond motifs is 1. The molecular formula is C37H52ClN3O11. The summed E-state index contributed by atoms with van der Waals surface area (Å²) in [7, 11) is 1.70. The van der Waals surface area contributed by atoms with Crippen molar-refractivity contribution >= 4 is 23.4 Å². The molecule has 14 nitrogen and oxygen atoms in total. The van der Waals surface area contributed by atoms with E-state index in [1.165, 1.54) is 4.90 Å². The average molecular weight is 750 g/mol. The molecule has 15 heteroatoms. The Morgan fingerprint density at radius 1 is 0.981 bits per heavy atom. The molecule has 1 saturated heterocycles. The molecular weight excluding hydrogens is 698 g/mol. The topological polar surface area (TPSA) is 152 Å². The predicted molar refractivity (Wildman–Crippen MR) is 193 cm³/mol. The Labute approximate surface area is 310 Å². The van der Waals surface area contributed by atoms with E-state index in [4.69, 9.17) is 40.0 Å². The van der Waals surface area contributed by atoms with Gasteiger partial charge >= 0.3 is 6.09 Å². The predicted octanol–water partition coefficient (Wildman–Crippen LogP) is 5.82. The van der Waals surface area contributed by atoms with E-state index in [1.807, 2.05) is 36.4 Å². The molecule has 0 aromatic heterocycles. The summed E-state index contributed by atoms with van der Waals surface area (Å²) >= 11 is 6.02. The third kappa shape index (κ3) is 12.3. The van der Waals surface area contributed by atoms with E-state index in [2.05, 4.69) is 15.8 Å². The second kappa shape index (κ2) is 20.6. The van der Waals surface area contributed by atoms with Gasteiger partial charge in [-0.1, -0.05) is 24.1 Å². The fourth-order valence-corrected chi connectivity index (χ4v) is 6.98. The van der Waals surface area contributed by atoms with Crippen molar-refractivity contribution in [2.24, 2.45) is 0 Å². The van der Waals surface area contributed by atoms with Crippen LogP contribution in [0.25, 0.3) is 0 Å². The van der Waals surface area contributed by atoms with Gasteiger partial charge in [-0.15, -0.1) is 10.1 Å². The second-order valence-corrected chi connectivity index (χ2v) is 13.9. The van der Waals surface area contributed by atoms with Crippen LogP contribution in [0.1, 0.15) is 63.4 Å². The highest BCUT2D eigenvalue weighted by atomic mass is 35.5. The minimum Gasteiger partial charge on any atom is -0.490 e. The Morgan fingerprint density at radius 3 is 2.48 bits per heavy atom. The molecule has 1 amide bonds. The second-order valence-electron chi connectivity index (χ2n) is 13.5. The molecule has 2 aromatic carbocycles. The number of likely N-dealkylation sites (tertiary alicyclic amines) is 1. The number of ether oxygens (including phenoxy) is 6. The first-order valence-corrected chi connectivity index (χ1v) is 18.7. The van der Waals surface area contributed by atoms with Gasteiger partial charge in [0.15, 0.2) is 0 Å². The first-order chi connectivity index (χ1) is 25.3. The van der Waals surface area contributed by atoms with Gasteiger partial charge in [-0.05, 0) is 93.3 Å². The number of halogens is 1. The summed E-state index contributed by atoms with van der Waals surface area (Å²) < 4.78 is 36.0. The van der Waals surface area contributed by atoms with Crippen LogP contribution in [-0.2, 0) is 30.4 Å². The summed E-state index contributed by atoms with van der Waals surface area (Å²) in [5.41, 5.74) is 1.95. The number of carbonyl (C=O) groups is 1. The molecule has 0 bridgehead atoms. The molecule has 3 unspecified atom stereocenters. The zero-order valence-corrected chi connectivity index (χ0v) is 30.7. The highest BCUT2D eigenvalue weighted by molar-refractivity contribution is 6.30. The largest absolute Gasteiger partial charge is 0.490 e. The zero-order valence-electron chi connectivity index (χ0n) is 29.9. The molecule has 1 saturated carbocycles. The maximum Gasteiger partial charge on any atom is 0.409 e. The summed E-state index contributed by atoms with van der Waals surface area (Å²) in [6, 6.07) is 13.4. The number of anilines is 1. The van der Waals surface area contributed by atoms with Crippen LogP contribution in [0, 0.1) is 10.1 Å². The van der Waals surface area contributed by atoms with Gasteiger partial charge in [0.2, 0.25) is 0 Å². The molecule has 52 heavy (non-hydrogen) atoms. The van der Waals surface area contributed by atoms with Gasteiger partial charge in [0, 0.05) is 25.3 Å². The van der Waals surface area contributed by atoms with Gasteiger partial charge in [0.25, 0.3) is 5.09 Å². The standard InChI is InChI=1S/C37H52ClN3O11/c1-46-19-6-17-39-18-22-47-34-16-7-27(23-32(34)39)26-49-35-25-40(37(43)48-20-4-2-3-5-21-50-41(44)45)24-33(42)36(35)52-31-14-12-30(13-15-31)51-29-10-8-28(38)9-11-29/h7-11,16,23,30-31,33,35-36,42H,2-6,12-15,17-22,24-26H2,1H3. The molecule has 288 valence electrons. The normalized spacial score (nSPS) is 23.0.